The highest BCUT2D eigenvalue weighted by atomic mass is 19.2. The van der Waals surface area contributed by atoms with Crippen LogP contribution in [0.2, 0.25) is 0 Å². The molecular weight excluding hydrogens is 620 g/mol. The molecule has 0 radical (unpaired) electrons. The maximum atomic E-state index is 14.0. The second-order valence-corrected chi connectivity index (χ2v) is 9.86. The third kappa shape index (κ3) is 4.50. The van der Waals surface area contributed by atoms with Crippen molar-refractivity contribution in [2.75, 3.05) is 0 Å². The molecule has 0 aliphatic carbocycles. The quantitative estimate of drug-likeness (QED) is 0.214. The SMILES string of the molecule is [C-]#[N+]/C(C)=C1/N=c2ccc(-c3nc(-c4nc5cc(F)c(F)cc5o4)nc(-c4ccc5c(c4C#N)=N/C(=C(\C#N)[N+]#[C-])N=5)n3)c(C#N)c2=N1. The molecule has 48 heavy (non-hydrogen) atoms. The number of nitriles is 3. The summed E-state index contributed by atoms with van der Waals surface area (Å²) in [6.45, 7) is 16.1. The lowest BCUT2D eigenvalue weighted by Gasteiger charge is -2.08. The van der Waals surface area contributed by atoms with E-state index in [1.807, 2.05) is 0 Å². The normalized spacial score (nSPS) is 14.4. The van der Waals surface area contributed by atoms with Gasteiger partial charge in [0.1, 0.15) is 28.4 Å². The summed E-state index contributed by atoms with van der Waals surface area (Å²) < 4.78 is 33.7. The average Bonchev–Trinajstić information content (AvgIpc) is 3.84. The molecule has 16 heteroatoms. The number of aromatic nitrogens is 4. The van der Waals surface area contributed by atoms with Gasteiger partial charge in [0.2, 0.25) is 11.5 Å². The number of nitrogens with zero attached hydrogens (tertiary/aromatic N) is 13. The first kappa shape index (κ1) is 28.9. The van der Waals surface area contributed by atoms with Crippen molar-refractivity contribution >= 4 is 11.1 Å². The van der Waals surface area contributed by atoms with Crippen molar-refractivity contribution in [3.63, 3.8) is 0 Å². The van der Waals surface area contributed by atoms with Gasteiger partial charge in [-0.15, -0.1) is 0 Å². The van der Waals surface area contributed by atoms with Crippen LogP contribution in [-0.2, 0) is 0 Å². The molecule has 222 valence electrons. The van der Waals surface area contributed by atoms with Gasteiger partial charge in [-0.05, 0) is 31.2 Å². The third-order valence-electron chi connectivity index (χ3n) is 7.08. The van der Waals surface area contributed by atoms with E-state index >= 15 is 0 Å². The van der Waals surface area contributed by atoms with Crippen molar-refractivity contribution in [2.45, 2.75) is 6.92 Å². The van der Waals surface area contributed by atoms with Gasteiger partial charge in [0.25, 0.3) is 5.89 Å². The predicted octanol–water partition coefficient (Wildman–Crippen LogP) is 3.26. The molecule has 0 spiro atoms. The first-order valence-electron chi connectivity index (χ1n) is 13.4. The van der Waals surface area contributed by atoms with Crippen molar-refractivity contribution in [1.29, 1.82) is 15.8 Å². The monoisotopic (exact) mass is 629 g/mol. The lowest BCUT2D eigenvalue weighted by molar-refractivity contribution is 0.507. The van der Waals surface area contributed by atoms with E-state index in [9.17, 15) is 24.6 Å². The van der Waals surface area contributed by atoms with Crippen LogP contribution in [0.5, 0.6) is 0 Å². The van der Waals surface area contributed by atoms with Crippen LogP contribution in [0, 0.1) is 58.8 Å². The lowest BCUT2D eigenvalue weighted by Crippen LogP contribution is -2.26. The molecule has 0 amide bonds. The van der Waals surface area contributed by atoms with Gasteiger partial charge >= 0.3 is 5.70 Å². The number of fused-ring (bicyclic) bond motifs is 3. The zero-order valence-electron chi connectivity index (χ0n) is 23.9. The van der Waals surface area contributed by atoms with Gasteiger partial charge in [0.05, 0.1) is 41.1 Å². The van der Waals surface area contributed by atoms with Gasteiger partial charge in [0.15, 0.2) is 40.5 Å². The Morgan fingerprint density at radius 3 is 1.85 bits per heavy atom. The molecule has 4 heterocycles. The number of halogens is 2. The topological polar surface area (TPSA) is 194 Å². The molecule has 14 nitrogen and oxygen atoms in total. The molecule has 2 aliphatic heterocycles. The van der Waals surface area contributed by atoms with Crippen molar-refractivity contribution in [1.82, 2.24) is 19.9 Å². The molecule has 3 aromatic carbocycles. The first-order chi connectivity index (χ1) is 23.3. The molecule has 0 fully saturated rings. The Balaban J connectivity index is 1.52. The average molecular weight is 630 g/mol. The van der Waals surface area contributed by atoms with Gasteiger partial charge in [-0.3, -0.25) is 0 Å². The van der Waals surface area contributed by atoms with Crippen LogP contribution < -0.4 is 21.4 Å². The second-order valence-electron chi connectivity index (χ2n) is 9.86. The van der Waals surface area contributed by atoms with E-state index in [0.29, 0.717) is 5.36 Å². The molecule has 0 atom stereocenters. The van der Waals surface area contributed by atoms with Gasteiger partial charge in [0, 0.05) is 23.3 Å². The van der Waals surface area contributed by atoms with Crippen LogP contribution in [0.25, 0.3) is 55.3 Å². The van der Waals surface area contributed by atoms with Crippen LogP contribution >= 0.6 is 0 Å². The van der Waals surface area contributed by atoms with Gasteiger partial charge in [-0.25, -0.2) is 63.6 Å². The number of benzene rings is 3. The zero-order chi connectivity index (χ0) is 33.7. The van der Waals surface area contributed by atoms with Crippen molar-refractivity contribution in [2.24, 2.45) is 20.0 Å². The van der Waals surface area contributed by atoms with E-state index in [-0.39, 0.29) is 95.8 Å². The smallest absolute Gasteiger partial charge is 0.305 e. The Labute approximate surface area is 266 Å². The number of rotatable bonds is 3. The molecule has 2 aliphatic rings. The van der Waals surface area contributed by atoms with Crippen LogP contribution in [0.4, 0.5) is 8.78 Å². The summed E-state index contributed by atoms with van der Waals surface area (Å²) in [6, 6.07) is 13.6. The van der Waals surface area contributed by atoms with E-state index in [4.69, 9.17) is 17.6 Å². The summed E-state index contributed by atoms with van der Waals surface area (Å²) in [5.41, 5.74) is 0.0117. The molecule has 0 N–H and O–H groups in total. The van der Waals surface area contributed by atoms with Crippen LogP contribution in [0.15, 0.2) is 83.8 Å². The maximum absolute atomic E-state index is 14.0. The molecule has 0 saturated heterocycles. The molecule has 7 rings (SSSR count). The molecule has 0 unspecified atom stereocenters. The van der Waals surface area contributed by atoms with Crippen molar-refractivity contribution in [3.8, 4) is 52.7 Å². The summed E-state index contributed by atoms with van der Waals surface area (Å²) >= 11 is 0. The summed E-state index contributed by atoms with van der Waals surface area (Å²) in [7, 11) is 0. The fourth-order valence-electron chi connectivity index (χ4n) is 4.83. The molecule has 0 bridgehead atoms. The molecule has 5 aromatic rings. The Morgan fingerprint density at radius 2 is 1.29 bits per heavy atom. The van der Waals surface area contributed by atoms with E-state index in [0.717, 1.165) is 12.1 Å². The summed E-state index contributed by atoms with van der Waals surface area (Å²) in [6.07, 6.45) is 0. The number of hydrogen-bond donors (Lipinski definition) is 0. The largest absolute Gasteiger partial charge is 0.433 e. The highest BCUT2D eigenvalue weighted by Crippen LogP contribution is 2.29. The Morgan fingerprint density at radius 1 is 0.729 bits per heavy atom. The van der Waals surface area contributed by atoms with Crippen molar-refractivity contribution < 1.29 is 13.2 Å². The van der Waals surface area contributed by atoms with Crippen molar-refractivity contribution in [3.05, 3.63) is 126 Å². The highest BCUT2D eigenvalue weighted by Gasteiger charge is 2.24. The summed E-state index contributed by atoms with van der Waals surface area (Å²) in [5, 5.41) is 30.6. The van der Waals surface area contributed by atoms with E-state index < -0.39 is 11.6 Å². The van der Waals surface area contributed by atoms with E-state index in [1.165, 1.54) is 18.2 Å². The summed E-state index contributed by atoms with van der Waals surface area (Å²) in [4.78, 5) is 41.4. The fraction of sp³-hybridized carbons (Fsp3) is 0.0312. The Kier molecular flexibility index (Phi) is 6.58. The number of oxazole rings is 1. The fourth-order valence-corrected chi connectivity index (χ4v) is 4.83. The minimum atomic E-state index is -1.16. The van der Waals surface area contributed by atoms with Gasteiger partial charge in [-0.1, -0.05) is 0 Å². The predicted molar refractivity (Wildman–Crippen MR) is 156 cm³/mol. The Hall–Kier alpha value is -7.87. The van der Waals surface area contributed by atoms with Crippen LogP contribution in [0.1, 0.15) is 18.1 Å². The third-order valence-corrected chi connectivity index (χ3v) is 7.08. The zero-order valence-corrected chi connectivity index (χ0v) is 23.9. The summed E-state index contributed by atoms with van der Waals surface area (Å²) in [5.74, 6) is -2.98. The van der Waals surface area contributed by atoms with Crippen LogP contribution in [-0.4, -0.2) is 19.9 Å². The van der Waals surface area contributed by atoms with E-state index in [2.05, 4.69) is 61.7 Å². The second kappa shape index (κ2) is 10.9. The first-order valence-corrected chi connectivity index (χ1v) is 13.4. The van der Waals surface area contributed by atoms with Gasteiger partial charge < -0.3 is 4.42 Å². The minimum Gasteiger partial charge on any atom is -0.433 e. The maximum Gasteiger partial charge on any atom is 0.305 e. The lowest BCUT2D eigenvalue weighted by atomic mass is 10.0. The number of allylic oxidation sites excluding steroid dienone is 2. The highest BCUT2D eigenvalue weighted by molar-refractivity contribution is 5.76. The van der Waals surface area contributed by atoms with Crippen LogP contribution in [0.3, 0.4) is 0 Å². The minimum absolute atomic E-state index is 0.0232. The molecule has 0 saturated carbocycles. The number of hydrogen-bond acceptors (Lipinski definition) is 12. The van der Waals surface area contributed by atoms with E-state index in [1.54, 1.807) is 19.1 Å². The molecular formula is C32H9F2N13O. The molecule has 2 aromatic heterocycles. The van der Waals surface area contributed by atoms with Gasteiger partial charge in [-0.2, -0.15) is 10.5 Å². The standard InChI is InChI=1S/C32H9F2N13O/c1-13(38-2)27-40-20-6-4-14(16(10-35)25(20)43-27)28-45-29(47-31(46-28)32-42-22-8-18(33)19(34)9-24(22)48-32)15-5-7-21-26(17(15)11-36)44-30(41-21)23(12-37)39-3/h4-9H,1H3/b27-13-,30-23+. The Bertz CT molecular complexity index is 2830.